The molecule has 0 spiro atoms. The Bertz CT molecular complexity index is 339. The van der Waals surface area contributed by atoms with Gasteiger partial charge in [-0.2, -0.15) is 0 Å². The van der Waals surface area contributed by atoms with E-state index in [2.05, 4.69) is 19.1 Å². The van der Waals surface area contributed by atoms with E-state index in [0.717, 1.165) is 6.42 Å². The molecule has 0 bridgehead atoms. The second-order valence-electron chi connectivity index (χ2n) is 4.13. The minimum absolute atomic E-state index is 0.110. The number of hydrogen-bond donors (Lipinski definition) is 0. The number of rotatable bonds is 3. The van der Waals surface area contributed by atoms with Crippen LogP contribution in [0.25, 0.3) is 0 Å². The lowest BCUT2D eigenvalue weighted by Gasteiger charge is -2.38. The minimum Gasteiger partial charge on any atom is -0.345 e. The van der Waals surface area contributed by atoms with E-state index in [1.807, 2.05) is 18.2 Å². The van der Waals surface area contributed by atoms with Crippen LogP contribution in [0.2, 0.25) is 0 Å². The zero-order valence-corrected chi connectivity index (χ0v) is 9.39. The van der Waals surface area contributed by atoms with Gasteiger partial charge in [-0.3, -0.25) is 4.79 Å². The van der Waals surface area contributed by atoms with Gasteiger partial charge in [-0.15, -0.1) is 0 Å². The predicted octanol–water partition coefficient (Wildman–Crippen LogP) is 1.91. The smallest absolute Gasteiger partial charge is 0.214 e. The highest BCUT2D eigenvalue weighted by molar-refractivity contribution is 5.54. The lowest BCUT2D eigenvalue weighted by Crippen LogP contribution is -2.45. The Morgan fingerprint density at radius 3 is 2.44 bits per heavy atom. The van der Waals surface area contributed by atoms with Gasteiger partial charge < -0.3 is 9.47 Å². The normalized spacial score (nSPS) is 29.9. The van der Waals surface area contributed by atoms with Gasteiger partial charge in [0.25, 0.3) is 0 Å². The Kier molecular flexibility index (Phi) is 3.36. The van der Waals surface area contributed by atoms with E-state index in [1.54, 1.807) is 0 Å². The minimum atomic E-state index is -0.691. The summed E-state index contributed by atoms with van der Waals surface area (Å²) in [7, 11) is 0. The van der Waals surface area contributed by atoms with Crippen molar-refractivity contribution >= 4 is 6.29 Å². The number of aldehydes is 1. The third kappa shape index (κ3) is 2.01. The first-order chi connectivity index (χ1) is 7.80. The molecule has 0 aromatic heterocycles. The van der Waals surface area contributed by atoms with Crippen LogP contribution in [0.15, 0.2) is 30.3 Å². The highest BCUT2D eigenvalue weighted by Crippen LogP contribution is 2.32. The molecule has 0 unspecified atom stereocenters. The van der Waals surface area contributed by atoms with Gasteiger partial charge in [0.1, 0.15) is 0 Å². The molecular formula is C13H16O3. The van der Waals surface area contributed by atoms with Crippen molar-refractivity contribution in [2.45, 2.75) is 25.0 Å². The quantitative estimate of drug-likeness (QED) is 0.730. The first-order valence-corrected chi connectivity index (χ1v) is 5.55. The molecule has 0 aliphatic carbocycles. The predicted molar refractivity (Wildman–Crippen MR) is 60.2 cm³/mol. The summed E-state index contributed by atoms with van der Waals surface area (Å²) in [4.78, 5) is 10.5. The molecule has 0 amide bonds. The Morgan fingerprint density at radius 2 is 1.94 bits per heavy atom. The maximum absolute atomic E-state index is 10.5. The van der Waals surface area contributed by atoms with Crippen LogP contribution in [-0.2, 0) is 19.7 Å². The second kappa shape index (κ2) is 4.76. The fourth-order valence-corrected chi connectivity index (χ4v) is 2.02. The lowest BCUT2D eigenvalue weighted by atomic mass is 9.79. The third-order valence-corrected chi connectivity index (χ3v) is 3.22. The van der Waals surface area contributed by atoms with Gasteiger partial charge in [-0.05, 0) is 12.0 Å². The Labute approximate surface area is 95.4 Å². The van der Waals surface area contributed by atoms with Gasteiger partial charge >= 0.3 is 0 Å². The Balaban J connectivity index is 2.19. The van der Waals surface area contributed by atoms with Gasteiger partial charge in [-0.1, -0.05) is 37.3 Å². The average Bonchev–Trinajstić information content (AvgIpc) is 2.40. The van der Waals surface area contributed by atoms with Gasteiger partial charge in [-0.25, -0.2) is 0 Å². The van der Waals surface area contributed by atoms with Crippen molar-refractivity contribution in [1.29, 1.82) is 0 Å². The maximum Gasteiger partial charge on any atom is 0.214 e. The van der Waals surface area contributed by atoms with Crippen molar-refractivity contribution < 1.29 is 14.3 Å². The van der Waals surface area contributed by atoms with Gasteiger partial charge in [0, 0.05) is 5.41 Å². The van der Waals surface area contributed by atoms with Crippen LogP contribution in [0.5, 0.6) is 0 Å². The zero-order valence-electron chi connectivity index (χ0n) is 9.39. The molecule has 0 N–H and O–H groups in total. The van der Waals surface area contributed by atoms with Crippen molar-refractivity contribution in [2.24, 2.45) is 0 Å². The highest BCUT2D eigenvalue weighted by atomic mass is 16.7. The molecule has 86 valence electrons. The van der Waals surface area contributed by atoms with Crippen LogP contribution in [0, 0.1) is 0 Å². The van der Waals surface area contributed by atoms with Gasteiger partial charge in [0.15, 0.2) is 6.29 Å². The molecular weight excluding hydrogens is 204 g/mol. The molecule has 1 aromatic carbocycles. The summed E-state index contributed by atoms with van der Waals surface area (Å²) in [6, 6.07) is 10.2. The Morgan fingerprint density at radius 1 is 1.31 bits per heavy atom. The maximum atomic E-state index is 10.5. The van der Waals surface area contributed by atoms with E-state index < -0.39 is 6.29 Å². The molecule has 16 heavy (non-hydrogen) atoms. The van der Waals surface area contributed by atoms with Gasteiger partial charge in [0.05, 0.1) is 13.2 Å². The van der Waals surface area contributed by atoms with E-state index in [1.165, 1.54) is 5.56 Å². The lowest BCUT2D eigenvalue weighted by molar-refractivity contribution is -0.200. The summed E-state index contributed by atoms with van der Waals surface area (Å²) < 4.78 is 10.8. The second-order valence-corrected chi connectivity index (χ2v) is 4.13. The van der Waals surface area contributed by atoms with Crippen LogP contribution in [0.4, 0.5) is 0 Å². The van der Waals surface area contributed by atoms with Crippen molar-refractivity contribution in [1.82, 2.24) is 0 Å². The van der Waals surface area contributed by atoms with E-state index in [9.17, 15) is 4.79 Å². The molecule has 3 nitrogen and oxygen atoms in total. The van der Waals surface area contributed by atoms with Crippen LogP contribution in [0.1, 0.15) is 18.9 Å². The van der Waals surface area contributed by atoms with Crippen molar-refractivity contribution in [3.63, 3.8) is 0 Å². The molecule has 1 fully saturated rings. The van der Waals surface area contributed by atoms with E-state index in [-0.39, 0.29) is 5.41 Å². The number of ether oxygens (including phenoxy) is 2. The topological polar surface area (TPSA) is 35.5 Å². The van der Waals surface area contributed by atoms with Crippen molar-refractivity contribution in [3.8, 4) is 0 Å². The molecule has 1 saturated heterocycles. The fourth-order valence-electron chi connectivity index (χ4n) is 2.02. The summed E-state index contributed by atoms with van der Waals surface area (Å²) in [5.74, 6) is 0. The standard InChI is InChI=1S/C13H16O3/c1-2-13(11-6-4-3-5-7-11)9-15-12(8-14)16-10-13/h3-8,12H,2,9-10H2,1H3. The zero-order chi connectivity index (χ0) is 11.4. The number of benzene rings is 1. The summed E-state index contributed by atoms with van der Waals surface area (Å²) in [5, 5.41) is 0. The van der Waals surface area contributed by atoms with Crippen molar-refractivity contribution in [2.75, 3.05) is 13.2 Å². The average molecular weight is 220 g/mol. The molecule has 1 heterocycles. The molecule has 3 heteroatoms. The fraction of sp³-hybridized carbons (Fsp3) is 0.462. The van der Waals surface area contributed by atoms with Crippen LogP contribution in [-0.4, -0.2) is 25.8 Å². The van der Waals surface area contributed by atoms with E-state index in [4.69, 9.17) is 9.47 Å². The molecule has 0 atom stereocenters. The SMILES string of the molecule is CCC1(c2ccccc2)COC(C=O)OC1. The summed E-state index contributed by atoms with van der Waals surface area (Å²) in [6.07, 6.45) is 0.941. The summed E-state index contributed by atoms with van der Waals surface area (Å²) >= 11 is 0. The largest absolute Gasteiger partial charge is 0.345 e. The van der Waals surface area contributed by atoms with Crippen molar-refractivity contribution in [3.05, 3.63) is 35.9 Å². The van der Waals surface area contributed by atoms with E-state index >= 15 is 0 Å². The molecule has 0 radical (unpaired) electrons. The highest BCUT2D eigenvalue weighted by Gasteiger charge is 2.36. The number of carbonyl (C=O) groups excluding carboxylic acids is 1. The monoisotopic (exact) mass is 220 g/mol. The molecule has 1 aliphatic heterocycles. The first-order valence-electron chi connectivity index (χ1n) is 5.55. The number of hydrogen-bond acceptors (Lipinski definition) is 3. The Hall–Kier alpha value is -1.19. The van der Waals surface area contributed by atoms with Crippen LogP contribution >= 0.6 is 0 Å². The third-order valence-electron chi connectivity index (χ3n) is 3.22. The molecule has 0 saturated carbocycles. The molecule has 1 aromatic rings. The summed E-state index contributed by atoms with van der Waals surface area (Å²) in [6.45, 7) is 3.19. The number of carbonyl (C=O) groups is 1. The molecule has 2 rings (SSSR count). The van der Waals surface area contributed by atoms with E-state index in [0.29, 0.717) is 19.5 Å². The molecule has 1 aliphatic rings. The first kappa shape index (κ1) is 11.3. The van der Waals surface area contributed by atoms with Crippen LogP contribution < -0.4 is 0 Å². The summed E-state index contributed by atoms with van der Waals surface area (Å²) in [5.41, 5.74) is 1.10. The van der Waals surface area contributed by atoms with Gasteiger partial charge in [0.2, 0.25) is 6.29 Å². The van der Waals surface area contributed by atoms with Crippen LogP contribution in [0.3, 0.4) is 0 Å².